The van der Waals surface area contributed by atoms with Crippen molar-refractivity contribution < 1.29 is 14.3 Å². The number of aromatic nitrogens is 1. The standard InChI is InChI=1S/C15H17BrN2O3S/c1-20-6-7-21-10-14(19)18-15-17-9-13(22-15)8-11-2-4-12(16)5-3-11/h2-5,9H,6-8,10H2,1H3,(H,17,18,19). The SMILES string of the molecule is COCCOCC(=O)Nc1ncc(Cc2ccc(Br)cc2)s1. The molecule has 0 spiro atoms. The maximum absolute atomic E-state index is 11.7. The average molecular weight is 385 g/mol. The van der Waals surface area contributed by atoms with Crippen molar-refractivity contribution >= 4 is 38.3 Å². The number of hydrogen-bond acceptors (Lipinski definition) is 5. The fraction of sp³-hybridized carbons (Fsp3) is 0.333. The number of amides is 1. The first-order chi connectivity index (χ1) is 10.7. The number of anilines is 1. The van der Waals surface area contributed by atoms with E-state index in [4.69, 9.17) is 9.47 Å². The molecular weight excluding hydrogens is 368 g/mol. The summed E-state index contributed by atoms with van der Waals surface area (Å²) in [6.45, 7) is 0.878. The molecule has 0 atom stereocenters. The number of hydrogen-bond donors (Lipinski definition) is 1. The Morgan fingerprint density at radius 2 is 2.09 bits per heavy atom. The van der Waals surface area contributed by atoms with Gasteiger partial charge in [-0.05, 0) is 17.7 Å². The summed E-state index contributed by atoms with van der Waals surface area (Å²) in [4.78, 5) is 17.0. The van der Waals surface area contributed by atoms with Crippen LogP contribution in [0.3, 0.4) is 0 Å². The first-order valence-corrected chi connectivity index (χ1v) is 8.34. The van der Waals surface area contributed by atoms with Crippen molar-refractivity contribution in [3.05, 3.63) is 45.4 Å². The Labute approximate surface area is 141 Å². The van der Waals surface area contributed by atoms with E-state index >= 15 is 0 Å². The van der Waals surface area contributed by atoms with Crippen LogP contribution in [0.1, 0.15) is 10.4 Å². The number of ether oxygens (including phenoxy) is 2. The van der Waals surface area contributed by atoms with E-state index in [1.807, 2.05) is 12.1 Å². The number of carbonyl (C=O) groups excluding carboxylic acids is 1. The van der Waals surface area contributed by atoms with Gasteiger partial charge in [-0.15, -0.1) is 11.3 Å². The summed E-state index contributed by atoms with van der Waals surface area (Å²) >= 11 is 4.88. The number of nitrogens with zero attached hydrogens (tertiary/aromatic N) is 1. The highest BCUT2D eigenvalue weighted by Gasteiger charge is 2.07. The van der Waals surface area contributed by atoms with Crippen LogP contribution in [0.5, 0.6) is 0 Å². The van der Waals surface area contributed by atoms with Gasteiger partial charge >= 0.3 is 0 Å². The van der Waals surface area contributed by atoms with Gasteiger partial charge in [-0.3, -0.25) is 10.1 Å². The molecule has 0 saturated heterocycles. The first-order valence-electron chi connectivity index (χ1n) is 6.73. The molecule has 0 aliphatic rings. The zero-order valence-corrected chi connectivity index (χ0v) is 14.6. The third kappa shape index (κ3) is 5.84. The molecule has 0 bridgehead atoms. The van der Waals surface area contributed by atoms with Crippen molar-refractivity contribution in [3.8, 4) is 0 Å². The Balaban J connectivity index is 1.80. The van der Waals surface area contributed by atoms with Crippen LogP contribution < -0.4 is 5.32 Å². The molecule has 2 rings (SSSR count). The van der Waals surface area contributed by atoms with Gasteiger partial charge in [0, 0.05) is 29.1 Å². The second kappa shape index (κ2) is 8.99. The minimum atomic E-state index is -0.208. The van der Waals surface area contributed by atoms with Crippen LogP contribution in [0.25, 0.3) is 0 Å². The molecule has 0 unspecified atom stereocenters. The van der Waals surface area contributed by atoms with Crippen molar-refractivity contribution in [1.82, 2.24) is 4.98 Å². The molecule has 22 heavy (non-hydrogen) atoms. The summed E-state index contributed by atoms with van der Waals surface area (Å²) in [5, 5.41) is 3.32. The number of rotatable bonds is 8. The van der Waals surface area contributed by atoms with Crippen molar-refractivity contribution in [3.63, 3.8) is 0 Å². The van der Waals surface area contributed by atoms with E-state index in [1.165, 1.54) is 16.9 Å². The van der Waals surface area contributed by atoms with Crippen LogP contribution >= 0.6 is 27.3 Å². The van der Waals surface area contributed by atoms with Crippen LogP contribution in [0.15, 0.2) is 34.9 Å². The summed E-state index contributed by atoms with van der Waals surface area (Å²) < 4.78 is 11.1. The van der Waals surface area contributed by atoms with Gasteiger partial charge in [0.15, 0.2) is 5.13 Å². The van der Waals surface area contributed by atoms with E-state index in [9.17, 15) is 4.79 Å². The Hall–Kier alpha value is -1.28. The monoisotopic (exact) mass is 384 g/mol. The molecule has 2 aromatic rings. The van der Waals surface area contributed by atoms with Crippen LogP contribution in [0, 0.1) is 0 Å². The van der Waals surface area contributed by atoms with Crippen molar-refractivity contribution in [2.45, 2.75) is 6.42 Å². The lowest BCUT2D eigenvalue weighted by molar-refractivity contribution is -0.121. The van der Waals surface area contributed by atoms with Crippen molar-refractivity contribution in [2.24, 2.45) is 0 Å². The minimum Gasteiger partial charge on any atom is -0.382 e. The van der Waals surface area contributed by atoms with E-state index in [-0.39, 0.29) is 12.5 Å². The van der Waals surface area contributed by atoms with E-state index in [0.717, 1.165) is 15.8 Å². The van der Waals surface area contributed by atoms with E-state index in [2.05, 4.69) is 38.4 Å². The Morgan fingerprint density at radius 1 is 1.32 bits per heavy atom. The fourth-order valence-corrected chi connectivity index (χ4v) is 2.84. The predicted molar refractivity (Wildman–Crippen MR) is 90.4 cm³/mol. The number of methoxy groups -OCH3 is 1. The van der Waals surface area contributed by atoms with Crippen LogP contribution in [0.4, 0.5) is 5.13 Å². The summed E-state index contributed by atoms with van der Waals surface area (Å²) in [6.07, 6.45) is 2.58. The first kappa shape index (κ1) is 17.1. The van der Waals surface area contributed by atoms with E-state index < -0.39 is 0 Å². The van der Waals surface area contributed by atoms with Gasteiger partial charge in [0.05, 0.1) is 13.2 Å². The number of thiazole rings is 1. The third-order valence-corrected chi connectivity index (χ3v) is 4.20. The Kier molecular flexibility index (Phi) is 6.98. The van der Waals surface area contributed by atoms with Gasteiger partial charge in [-0.2, -0.15) is 0 Å². The molecule has 1 aromatic carbocycles. The smallest absolute Gasteiger partial charge is 0.252 e. The summed E-state index contributed by atoms with van der Waals surface area (Å²) in [6, 6.07) is 8.14. The van der Waals surface area contributed by atoms with Gasteiger partial charge in [-0.1, -0.05) is 28.1 Å². The molecule has 0 radical (unpaired) electrons. The molecule has 118 valence electrons. The third-order valence-electron chi connectivity index (χ3n) is 2.76. The number of carbonyl (C=O) groups is 1. The molecule has 0 saturated carbocycles. The average Bonchev–Trinajstić information content (AvgIpc) is 2.93. The molecule has 0 fully saturated rings. The fourth-order valence-electron chi connectivity index (χ4n) is 1.71. The van der Waals surface area contributed by atoms with Crippen LogP contribution in [-0.2, 0) is 20.7 Å². The normalized spacial score (nSPS) is 10.6. The van der Waals surface area contributed by atoms with Gasteiger partial charge < -0.3 is 9.47 Å². The number of nitrogens with one attached hydrogen (secondary N) is 1. The van der Waals surface area contributed by atoms with Gasteiger partial charge in [0.1, 0.15) is 6.61 Å². The van der Waals surface area contributed by atoms with Gasteiger partial charge in [-0.25, -0.2) is 4.98 Å². The molecule has 0 aliphatic heterocycles. The Morgan fingerprint density at radius 3 is 2.82 bits per heavy atom. The molecular formula is C15H17BrN2O3S. The summed E-state index contributed by atoms with van der Waals surface area (Å²) in [7, 11) is 1.59. The zero-order chi connectivity index (χ0) is 15.8. The number of halogens is 1. The highest BCUT2D eigenvalue weighted by Crippen LogP contribution is 2.22. The predicted octanol–water partition coefficient (Wildman–Crippen LogP) is 3.10. The van der Waals surface area contributed by atoms with Crippen LogP contribution in [-0.4, -0.2) is 37.8 Å². The highest BCUT2D eigenvalue weighted by molar-refractivity contribution is 9.10. The molecule has 1 amide bonds. The second-order valence-electron chi connectivity index (χ2n) is 4.53. The molecule has 5 nitrogen and oxygen atoms in total. The van der Waals surface area contributed by atoms with Crippen molar-refractivity contribution in [2.75, 3.05) is 32.2 Å². The maximum atomic E-state index is 11.7. The lowest BCUT2D eigenvalue weighted by Gasteiger charge is -2.03. The maximum Gasteiger partial charge on any atom is 0.252 e. The molecule has 1 heterocycles. The Bertz CT molecular complexity index is 601. The quantitative estimate of drug-likeness (QED) is 0.710. The van der Waals surface area contributed by atoms with Crippen LogP contribution in [0.2, 0.25) is 0 Å². The lowest BCUT2D eigenvalue weighted by Crippen LogP contribution is -2.19. The number of benzene rings is 1. The van der Waals surface area contributed by atoms with Gasteiger partial charge in [0.2, 0.25) is 0 Å². The van der Waals surface area contributed by atoms with E-state index in [0.29, 0.717) is 18.3 Å². The zero-order valence-electron chi connectivity index (χ0n) is 12.2. The topological polar surface area (TPSA) is 60.5 Å². The summed E-state index contributed by atoms with van der Waals surface area (Å²) in [5.41, 5.74) is 1.20. The molecule has 7 heteroatoms. The second-order valence-corrected chi connectivity index (χ2v) is 6.56. The highest BCUT2D eigenvalue weighted by atomic mass is 79.9. The molecule has 1 N–H and O–H groups in total. The molecule has 1 aromatic heterocycles. The van der Waals surface area contributed by atoms with Crippen molar-refractivity contribution in [1.29, 1.82) is 0 Å². The molecule has 0 aliphatic carbocycles. The van der Waals surface area contributed by atoms with E-state index in [1.54, 1.807) is 13.3 Å². The van der Waals surface area contributed by atoms with Gasteiger partial charge in [0.25, 0.3) is 5.91 Å². The lowest BCUT2D eigenvalue weighted by atomic mass is 10.1. The largest absolute Gasteiger partial charge is 0.382 e. The minimum absolute atomic E-state index is 0.00495. The summed E-state index contributed by atoms with van der Waals surface area (Å²) in [5.74, 6) is -0.208.